The standard InChI is InChI=1S/C9H14BrNO/c1-8(5-6-8)11-7(12)9(10)3-2-4-9/h2-6H2,1H3,(H,11,12). The van der Waals surface area contributed by atoms with Crippen molar-refractivity contribution in [3.05, 3.63) is 0 Å². The maximum atomic E-state index is 11.6. The summed E-state index contributed by atoms with van der Waals surface area (Å²) in [5.41, 5.74) is 0.132. The molecular weight excluding hydrogens is 218 g/mol. The average Bonchev–Trinajstić information content (AvgIpc) is 2.62. The zero-order chi connectivity index (χ0) is 8.82. The molecule has 0 heterocycles. The van der Waals surface area contributed by atoms with Crippen molar-refractivity contribution in [2.45, 2.75) is 48.9 Å². The summed E-state index contributed by atoms with van der Waals surface area (Å²) in [5.74, 6) is 0.203. The van der Waals surface area contributed by atoms with Gasteiger partial charge in [0, 0.05) is 5.54 Å². The Morgan fingerprint density at radius 2 is 1.92 bits per heavy atom. The first kappa shape index (κ1) is 8.54. The molecule has 0 radical (unpaired) electrons. The molecule has 2 saturated carbocycles. The topological polar surface area (TPSA) is 29.1 Å². The van der Waals surface area contributed by atoms with Gasteiger partial charge in [0.1, 0.15) is 4.32 Å². The number of carbonyl (C=O) groups excluding carboxylic acids is 1. The molecular formula is C9H14BrNO. The fourth-order valence-electron chi connectivity index (χ4n) is 1.41. The van der Waals surface area contributed by atoms with Crippen molar-refractivity contribution >= 4 is 21.8 Å². The lowest BCUT2D eigenvalue weighted by Crippen LogP contribution is -2.50. The van der Waals surface area contributed by atoms with Gasteiger partial charge in [-0.25, -0.2) is 0 Å². The molecule has 2 nitrogen and oxygen atoms in total. The molecule has 2 aliphatic carbocycles. The third-order valence-electron chi connectivity index (χ3n) is 2.97. The second-order valence-electron chi connectivity index (χ2n) is 4.33. The van der Waals surface area contributed by atoms with Crippen LogP contribution in [0, 0.1) is 0 Å². The Kier molecular flexibility index (Phi) is 1.76. The number of nitrogens with one attached hydrogen (secondary N) is 1. The third-order valence-corrected chi connectivity index (χ3v) is 4.12. The molecule has 68 valence electrons. The van der Waals surface area contributed by atoms with E-state index >= 15 is 0 Å². The van der Waals surface area contributed by atoms with Crippen molar-refractivity contribution in [3.8, 4) is 0 Å². The van der Waals surface area contributed by atoms with Crippen LogP contribution in [0.2, 0.25) is 0 Å². The molecule has 2 fully saturated rings. The smallest absolute Gasteiger partial charge is 0.237 e. The van der Waals surface area contributed by atoms with E-state index in [2.05, 4.69) is 28.2 Å². The molecule has 12 heavy (non-hydrogen) atoms. The lowest BCUT2D eigenvalue weighted by Gasteiger charge is -2.35. The maximum absolute atomic E-state index is 11.6. The first-order valence-electron chi connectivity index (χ1n) is 4.56. The molecule has 3 heteroatoms. The predicted octanol–water partition coefficient (Wildman–Crippen LogP) is 1.97. The Morgan fingerprint density at radius 3 is 2.25 bits per heavy atom. The third kappa shape index (κ3) is 1.39. The monoisotopic (exact) mass is 231 g/mol. The Balaban J connectivity index is 1.91. The van der Waals surface area contributed by atoms with Gasteiger partial charge in [-0.05, 0) is 39.0 Å². The highest BCUT2D eigenvalue weighted by Gasteiger charge is 2.47. The van der Waals surface area contributed by atoms with E-state index in [-0.39, 0.29) is 15.8 Å². The summed E-state index contributed by atoms with van der Waals surface area (Å²) in [6.07, 6.45) is 5.45. The Labute approximate surface area is 81.2 Å². The van der Waals surface area contributed by atoms with Crippen LogP contribution in [0.3, 0.4) is 0 Å². The van der Waals surface area contributed by atoms with Crippen LogP contribution in [-0.4, -0.2) is 15.8 Å². The Bertz CT molecular complexity index is 219. The van der Waals surface area contributed by atoms with E-state index in [1.54, 1.807) is 0 Å². The van der Waals surface area contributed by atoms with Crippen LogP contribution >= 0.6 is 15.9 Å². The second kappa shape index (κ2) is 2.47. The summed E-state index contributed by atoms with van der Waals surface area (Å²) in [6.45, 7) is 2.11. The van der Waals surface area contributed by atoms with Crippen molar-refractivity contribution in [1.29, 1.82) is 0 Å². The minimum absolute atomic E-state index is 0.132. The molecule has 0 aromatic carbocycles. The highest BCUT2D eigenvalue weighted by atomic mass is 79.9. The molecule has 0 aromatic heterocycles. The summed E-state index contributed by atoms with van der Waals surface area (Å²) in [4.78, 5) is 11.6. The molecule has 0 atom stereocenters. The number of carbonyl (C=O) groups is 1. The zero-order valence-electron chi connectivity index (χ0n) is 7.32. The van der Waals surface area contributed by atoms with Crippen molar-refractivity contribution in [1.82, 2.24) is 5.32 Å². The molecule has 1 N–H and O–H groups in total. The molecule has 2 aliphatic rings. The van der Waals surface area contributed by atoms with Crippen LogP contribution in [-0.2, 0) is 4.79 Å². The van der Waals surface area contributed by atoms with Crippen LogP contribution in [0.25, 0.3) is 0 Å². The highest BCUT2D eigenvalue weighted by molar-refractivity contribution is 9.10. The van der Waals surface area contributed by atoms with Gasteiger partial charge in [0.15, 0.2) is 0 Å². The van der Waals surface area contributed by atoms with Crippen LogP contribution in [0.1, 0.15) is 39.0 Å². The summed E-state index contributed by atoms with van der Waals surface area (Å²) in [5, 5.41) is 3.09. The van der Waals surface area contributed by atoms with E-state index in [1.165, 1.54) is 6.42 Å². The lowest BCUT2D eigenvalue weighted by molar-refractivity contribution is -0.126. The van der Waals surface area contributed by atoms with Crippen molar-refractivity contribution in [2.24, 2.45) is 0 Å². The van der Waals surface area contributed by atoms with E-state index in [0.29, 0.717) is 0 Å². The average molecular weight is 232 g/mol. The molecule has 0 unspecified atom stereocenters. The SMILES string of the molecule is CC1(NC(=O)C2(Br)CCC2)CC1. The fourth-order valence-corrected chi connectivity index (χ4v) is 2.07. The van der Waals surface area contributed by atoms with Gasteiger partial charge in [-0.3, -0.25) is 4.79 Å². The van der Waals surface area contributed by atoms with Gasteiger partial charge in [0.2, 0.25) is 5.91 Å². The van der Waals surface area contributed by atoms with Gasteiger partial charge in [0.25, 0.3) is 0 Å². The number of amides is 1. The summed E-state index contributed by atoms with van der Waals surface area (Å²) >= 11 is 3.50. The van der Waals surface area contributed by atoms with Crippen molar-refractivity contribution < 1.29 is 4.79 Å². The zero-order valence-corrected chi connectivity index (χ0v) is 8.91. The molecule has 0 aromatic rings. The van der Waals surface area contributed by atoms with Crippen LogP contribution in [0.5, 0.6) is 0 Å². The molecule has 0 bridgehead atoms. The Hall–Kier alpha value is -0.0500. The van der Waals surface area contributed by atoms with Crippen LogP contribution in [0.4, 0.5) is 0 Å². The second-order valence-corrected chi connectivity index (χ2v) is 5.85. The Morgan fingerprint density at radius 1 is 1.33 bits per heavy atom. The number of halogens is 1. The number of rotatable bonds is 2. The first-order chi connectivity index (χ1) is 5.54. The minimum Gasteiger partial charge on any atom is -0.350 e. The number of hydrogen-bond donors (Lipinski definition) is 1. The van der Waals surface area contributed by atoms with E-state index in [1.807, 2.05) is 0 Å². The van der Waals surface area contributed by atoms with Crippen molar-refractivity contribution in [3.63, 3.8) is 0 Å². The van der Waals surface area contributed by atoms with Gasteiger partial charge in [-0.2, -0.15) is 0 Å². The van der Waals surface area contributed by atoms with E-state index < -0.39 is 0 Å². The summed E-state index contributed by atoms with van der Waals surface area (Å²) in [7, 11) is 0. The van der Waals surface area contributed by atoms with Gasteiger partial charge in [-0.1, -0.05) is 15.9 Å². The molecule has 0 spiro atoms. The van der Waals surface area contributed by atoms with E-state index in [9.17, 15) is 4.79 Å². The minimum atomic E-state index is -0.210. The van der Waals surface area contributed by atoms with Gasteiger partial charge >= 0.3 is 0 Å². The van der Waals surface area contributed by atoms with Gasteiger partial charge in [0.05, 0.1) is 0 Å². The fraction of sp³-hybridized carbons (Fsp3) is 0.889. The van der Waals surface area contributed by atoms with E-state index in [0.717, 1.165) is 25.7 Å². The largest absolute Gasteiger partial charge is 0.350 e. The maximum Gasteiger partial charge on any atom is 0.237 e. The summed E-state index contributed by atoms with van der Waals surface area (Å²) < 4.78 is -0.210. The summed E-state index contributed by atoms with van der Waals surface area (Å²) in [6, 6.07) is 0. The number of alkyl halides is 1. The lowest BCUT2D eigenvalue weighted by atomic mass is 9.84. The number of hydrogen-bond acceptors (Lipinski definition) is 1. The first-order valence-corrected chi connectivity index (χ1v) is 5.35. The normalized spacial score (nSPS) is 28.8. The van der Waals surface area contributed by atoms with Gasteiger partial charge < -0.3 is 5.32 Å². The van der Waals surface area contributed by atoms with Gasteiger partial charge in [-0.15, -0.1) is 0 Å². The van der Waals surface area contributed by atoms with E-state index in [4.69, 9.17) is 0 Å². The quantitative estimate of drug-likeness (QED) is 0.724. The molecule has 2 rings (SSSR count). The van der Waals surface area contributed by atoms with Crippen LogP contribution < -0.4 is 5.32 Å². The van der Waals surface area contributed by atoms with Crippen LogP contribution in [0.15, 0.2) is 0 Å². The predicted molar refractivity (Wildman–Crippen MR) is 51.3 cm³/mol. The highest BCUT2D eigenvalue weighted by Crippen LogP contribution is 2.42. The molecule has 0 aliphatic heterocycles. The molecule has 1 amide bonds. The molecule has 0 saturated heterocycles. The van der Waals surface area contributed by atoms with Crippen molar-refractivity contribution in [2.75, 3.05) is 0 Å².